The molecule has 0 unspecified atom stereocenters. The number of hydrogen-bond acceptors (Lipinski definition) is 5. The molecule has 0 N–H and O–H groups in total. The molecule has 3 rings (SSSR count). The van der Waals surface area contributed by atoms with Crippen LogP contribution in [0.1, 0.15) is 16.8 Å². The number of benzene rings is 1. The van der Waals surface area contributed by atoms with Gasteiger partial charge in [0.1, 0.15) is 5.75 Å². The Kier molecular flexibility index (Phi) is 5.36. The van der Waals surface area contributed by atoms with E-state index >= 15 is 0 Å². The van der Waals surface area contributed by atoms with Gasteiger partial charge >= 0.3 is 0 Å². The third kappa shape index (κ3) is 4.39. The Morgan fingerprint density at radius 1 is 0.960 bits per heavy atom. The summed E-state index contributed by atoms with van der Waals surface area (Å²) in [5, 5.41) is 0. The number of ether oxygens (including phenoxy) is 1. The predicted octanol–water partition coefficient (Wildman–Crippen LogP) is 3.49. The Bertz CT molecular complexity index is 816. The number of nitrogens with zero attached hydrogens (tertiary/aromatic N) is 4. The van der Waals surface area contributed by atoms with Crippen molar-refractivity contribution < 1.29 is 4.74 Å². The number of aromatic nitrogens is 3. The normalized spacial score (nSPS) is 10.9. The molecule has 0 spiro atoms. The lowest BCUT2D eigenvalue weighted by Crippen LogP contribution is -2.19. The van der Waals surface area contributed by atoms with Crippen molar-refractivity contribution in [3.05, 3.63) is 71.8 Å². The lowest BCUT2D eigenvalue weighted by Gasteiger charge is -2.17. The monoisotopic (exact) mass is 334 g/mol. The molecule has 0 fully saturated rings. The predicted molar refractivity (Wildman–Crippen MR) is 98.2 cm³/mol. The fraction of sp³-hybridized carbons (Fsp3) is 0.250. The first-order chi connectivity index (χ1) is 12.2. The van der Waals surface area contributed by atoms with E-state index in [9.17, 15) is 0 Å². The van der Waals surface area contributed by atoms with Gasteiger partial charge in [0.15, 0.2) is 5.82 Å². The van der Waals surface area contributed by atoms with Gasteiger partial charge in [0.25, 0.3) is 0 Å². The highest BCUT2D eigenvalue weighted by molar-refractivity contribution is 5.55. The average Bonchev–Trinajstić information content (AvgIpc) is 2.64. The van der Waals surface area contributed by atoms with Crippen LogP contribution in [0, 0.1) is 6.92 Å². The van der Waals surface area contributed by atoms with Crippen LogP contribution < -0.4 is 4.74 Å². The van der Waals surface area contributed by atoms with Crippen molar-refractivity contribution in [2.24, 2.45) is 0 Å². The van der Waals surface area contributed by atoms with Crippen molar-refractivity contribution >= 4 is 0 Å². The third-order valence-electron chi connectivity index (χ3n) is 4.04. The minimum atomic E-state index is 0.717. The number of hydrogen-bond donors (Lipinski definition) is 0. The van der Waals surface area contributed by atoms with E-state index in [2.05, 4.69) is 39.9 Å². The van der Waals surface area contributed by atoms with Crippen LogP contribution in [-0.2, 0) is 13.1 Å². The fourth-order valence-electron chi connectivity index (χ4n) is 2.63. The highest BCUT2D eigenvalue weighted by atomic mass is 16.5. The Morgan fingerprint density at radius 2 is 1.68 bits per heavy atom. The molecule has 0 radical (unpaired) electrons. The number of methoxy groups -OCH3 is 1. The van der Waals surface area contributed by atoms with E-state index in [1.807, 2.05) is 48.9 Å². The van der Waals surface area contributed by atoms with E-state index < -0.39 is 0 Å². The molecule has 25 heavy (non-hydrogen) atoms. The molecule has 128 valence electrons. The summed E-state index contributed by atoms with van der Waals surface area (Å²) in [7, 11) is 3.73. The third-order valence-corrected chi connectivity index (χ3v) is 4.04. The number of pyridine rings is 1. The lowest BCUT2D eigenvalue weighted by atomic mass is 10.2. The molecule has 0 atom stereocenters. The number of aryl methyl sites for hydroxylation is 1. The molecule has 1 aromatic carbocycles. The second-order valence-corrected chi connectivity index (χ2v) is 6.08. The van der Waals surface area contributed by atoms with Gasteiger partial charge in [-0.25, -0.2) is 9.97 Å². The first-order valence-electron chi connectivity index (χ1n) is 8.20. The molecule has 5 nitrogen and oxygen atoms in total. The highest BCUT2D eigenvalue weighted by Crippen LogP contribution is 2.19. The Morgan fingerprint density at radius 3 is 2.32 bits per heavy atom. The van der Waals surface area contributed by atoms with E-state index in [0.717, 1.165) is 41.5 Å². The summed E-state index contributed by atoms with van der Waals surface area (Å²) in [4.78, 5) is 15.6. The minimum absolute atomic E-state index is 0.717. The smallest absolute Gasteiger partial charge is 0.159 e. The molecular weight excluding hydrogens is 312 g/mol. The summed E-state index contributed by atoms with van der Waals surface area (Å²) in [6.45, 7) is 3.66. The first-order valence-corrected chi connectivity index (χ1v) is 8.20. The second-order valence-electron chi connectivity index (χ2n) is 6.08. The van der Waals surface area contributed by atoms with Crippen LogP contribution >= 0.6 is 0 Å². The van der Waals surface area contributed by atoms with Crippen molar-refractivity contribution in [1.82, 2.24) is 19.9 Å². The molecule has 0 aliphatic heterocycles. The molecule has 2 aromatic heterocycles. The van der Waals surface area contributed by atoms with Gasteiger partial charge in [-0.15, -0.1) is 0 Å². The van der Waals surface area contributed by atoms with E-state index in [0.29, 0.717) is 0 Å². The molecular formula is C20H22N4O. The molecule has 0 aliphatic rings. The van der Waals surface area contributed by atoms with Crippen molar-refractivity contribution in [2.45, 2.75) is 20.0 Å². The minimum Gasteiger partial charge on any atom is -0.497 e. The Balaban J connectivity index is 1.64. The fourth-order valence-corrected chi connectivity index (χ4v) is 2.63. The van der Waals surface area contributed by atoms with Crippen LogP contribution in [-0.4, -0.2) is 34.0 Å². The van der Waals surface area contributed by atoms with Crippen molar-refractivity contribution in [1.29, 1.82) is 0 Å². The molecule has 0 bridgehead atoms. The van der Waals surface area contributed by atoms with Gasteiger partial charge in [0.2, 0.25) is 0 Å². The van der Waals surface area contributed by atoms with Crippen LogP contribution in [0.3, 0.4) is 0 Å². The van der Waals surface area contributed by atoms with Crippen molar-refractivity contribution in [3.63, 3.8) is 0 Å². The van der Waals surface area contributed by atoms with E-state index in [1.54, 1.807) is 7.11 Å². The zero-order chi connectivity index (χ0) is 17.6. The first kappa shape index (κ1) is 17.0. The maximum atomic E-state index is 5.17. The lowest BCUT2D eigenvalue weighted by molar-refractivity contribution is 0.313. The van der Waals surface area contributed by atoms with E-state index in [-0.39, 0.29) is 0 Å². The van der Waals surface area contributed by atoms with E-state index in [1.165, 1.54) is 5.56 Å². The van der Waals surface area contributed by atoms with Gasteiger partial charge in [-0.3, -0.25) is 9.88 Å². The molecule has 0 saturated heterocycles. The van der Waals surface area contributed by atoms with Crippen LogP contribution in [0.2, 0.25) is 0 Å². The molecule has 0 amide bonds. The van der Waals surface area contributed by atoms with Crippen LogP contribution in [0.15, 0.2) is 55.0 Å². The van der Waals surface area contributed by atoms with E-state index in [4.69, 9.17) is 4.74 Å². The molecule has 2 heterocycles. The second kappa shape index (κ2) is 7.85. The van der Waals surface area contributed by atoms with Gasteiger partial charge < -0.3 is 4.74 Å². The highest BCUT2D eigenvalue weighted by Gasteiger charge is 2.07. The Labute approximate surface area is 148 Å². The van der Waals surface area contributed by atoms with Gasteiger partial charge in [-0.1, -0.05) is 6.07 Å². The SMILES string of the molecule is COc1ccc(-c2ncc(CN(C)Cc3ncccc3C)cn2)cc1. The van der Waals surface area contributed by atoms with Crippen LogP contribution in [0.4, 0.5) is 0 Å². The average molecular weight is 334 g/mol. The maximum Gasteiger partial charge on any atom is 0.159 e. The van der Waals surface area contributed by atoms with Gasteiger partial charge in [-0.05, 0) is 49.9 Å². The van der Waals surface area contributed by atoms with Crippen molar-refractivity contribution in [3.8, 4) is 17.1 Å². The summed E-state index contributed by atoms with van der Waals surface area (Å²) in [5.41, 5.74) is 4.36. The quantitative estimate of drug-likeness (QED) is 0.691. The zero-order valence-corrected chi connectivity index (χ0v) is 14.8. The molecule has 0 saturated carbocycles. The maximum absolute atomic E-state index is 5.17. The topological polar surface area (TPSA) is 51.1 Å². The van der Waals surface area contributed by atoms with Gasteiger partial charge in [0.05, 0.1) is 12.8 Å². The van der Waals surface area contributed by atoms with Gasteiger partial charge in [0, 0.05) is 42.8 Å². The summed E-state index contributed by atoms with van der Waals surface area (Å²) in [6, 6.07) is 11.8. The molecule has 3 aromatic rings. The molecule has 5 heteroatoms. The summed E-state index contributed by atoms with van der Waals surface area (Å²) in [6.07, 6.45) is 5.60. The summed E-state index contributed by atoms with van der Waals surface area (Å²) >= 11 is 0. The summed E-state index contributed by atoms with van der Waals surface area (Å²) < 4.78 is 5.17. The van der Waals surface area contributed by atoms with Crippen LogP contribution in [0.25, 0.3) is 11.4 Å². The zero-order valence-electron chi connectivity index (χ0n) is 14.8. The Hall–Kier alpha value is -2.79. The van der Waals surface area contributed by atoms with Crippen LogP contribution in [0.5, 0.6) is 5.75 Å². The summed E-state index contributed by atoms with van der Waals surface area (Å²) in [5.74, 6) is 1.54. The van der Waals surface area contributed by atoms with Crippen molar-refractivity contribution in [2.75, 3.05) is 14.2 Å². The standard InChI is InChI=1S/C20H22N4O/c1-15-5-4-10-21-19(15)14-24(2)13-16-11-22-20(23-12-16)17-6-8-18(25-3)9-7-17/h4-12H,13-14H2,1-3H3. The molecule has 0 aliphatic carbocycles. The largest absolute Gasteiger partial charge is 0.497 e. The van der Waals surface area contributed by atoms with Gasteiger partial charge in [-0.2, -0.15) is 0 Å². The number of rotatable bonds is 6.